The van der Waals surface area contributed by atoms with Gasteiger partial charge < -0.3 is 9.67 Å². The highest BCUT2D eigenvalue weighted by Crippen LogP contribution is 2.25. The summed E-state index contributed by atoms with van der Waals surface area (Å²) in [6.07, 6.45) is 5.28. The van der Waals surface area contributed by atoms with Gasteiger partial charge in [0, 0.05) is 19.3 Å². The van der Waals surface area contributed by atoms with E-state index in [-0.39, 0.29) is 17.5 Å². The first-order valence-corrected chi connectivity index (χ1v) is 8.56. The van der Waals surface area contributed by atoms with Crippen LogP contribution in [0, 0.1) is 11.8 Å². The third-order valence-electron chi connectivity index (χ3n) is 3.62. The minimum absolute atomic E-state index is 0.0162. The van der Waals surface area contributed by atoms with Crippen molar-refractivity contribution in [1.82, 2.24) is 14.3 Å². The summed E-state index contributed by atoms with van der Waals surface area (Å²) in [4.78, 5) is 3.96. The second-order valence-corrected chi connectivity index (χ2v) is 7.63. The summed E-state index contributed by atoms with van der Waals surface area (Å²) in [6.45, 7) is 5.15. The second kappa shape index (κ2) is 6.24. The zero-order chi connectivity index (χ0) is 14.8. The third kappa shape index (κ3) is 3.80. The van der Waals surface area contributed by atoms with Gasteiger partial charge in [-0.2, -0.15) is 0 Å². The molecule has 1 aromatic heterocycles. The molecule has 2 atom stereocenters. The topological polar surface area (TPSA) is 84.2 Å². The maximum atomic E-state index is 12.1. The highest BCUT2D eigenvalue weighted by molar-refractivity contribution is 7.89. The van der Waals surface area contributed by atoms with Gasteiger partial charge in [-0.1, -0.05) is 20.3 Å². The standard InChI is InChI=1S/C13H23N3O3S/c1-10(2)7-16-8-13(14-9-16)20(18,19)15-6-11-4-3-5-12(11)17/h8-12,15,17H,3-7H2,1-2H3/t11-,12+/m1/s1. The van der Waals surface area contributed by atoms with Crippen molar-refractivity contribution in [3.05, 3.63) is 12.5 Å². The molecule has 0 saturated heterocycles. The normalized spacial score (nSPS) is 23.6. The molecule has 0 bridgehead atoms. The number of hydrogen-bond donors (Lipinski definition) is 2. The lowest BCUT2D eigenvalue weighted by molar-refractivity contribution is 0.134. The molecule has 1 aliphatic carbocycles. The molecule has 0 spiro atoms. The number of rotatable bonds is 6. The first-order chi connectivity index (χ1) is 9.38. The van der Waals surface area contributed by atoms with E-state index in [2.05, 4.69) is 23.6 Å². The lowest BCUT2D eigenvalue weighted by Crippen LogP contribution is -2.32. The molecular weight excluding hydrogens is 278 g/mol. The van der Waals surface area contributed by atoms with Crippen LogP contribution in [-0.4, -0.2) is 35.7 Å². The fourth-order valence-corrected chi connectivity index (χ4v) is 3.59. The molecule has 2 N–H and O–H groups in total. The molecule has 2 rings (SSSR count). The molecule has 114 valence electrons. The zero-order valence-corrected chi connectivity index (χ0v) is 12.8. The number of aliphatic hydroxyl groups is 1. The molecule has 20 heavy (non-hydrogen) atoms. The minimum Gasteiger partial charge on any atom is -0.393 e. The Morgan fingerprint density at radius 2 is 2.25 bits per heavy atom. The van der Waals surface area contributed by atoms with Crippen molar-refractivity contribution in [2.45, 2.75) is 50.8 Å². The van der Waals surface area contributed by atoms with E-state index in [0.717, 1.165) is 25.8 Å². The molecule has 0 aliphatic heterocycles. The Kier molecular flexibility index (Phi) is 4.82. The van der Waals surface area contributed by atoms with Gasteiger partial charge in [-0.15, -0.1) is 0 Å². The Bertz CT molecular complexity index is 539. The average Bonchev–Trinajstić information content (AvgIpc) is 2.95. The van der Waals surface area contributed by atoms with Crippen LogP contribution in [0.15, 0.2) is 17.6 Å². The molecule has 0 aromatic carbocycles. The Morgan fingerprint density at radius 3 is 2.85 bits per heavy atom. The van der Waals surface area contributed by atoms with Crippen molar-refractivity contribution < 1.29 is 13.5 Å². The summed E-state index contributed by atoms with van der Waals surface area (Å²) >= 11 is 0. The Balaban J connectivity index is 1.97. The lowest BCUT2D eigenvalue weighted by Gasteiger charge is -2.14. The fourth-order valence-electron chi connectivity index (χ4n) is 2.55. The van der Waals surface area contributed by atoms with E-state index in [1.54, 1.807) is 17.1 Å². The van der Waals surface area contributed by atoms with E-state index in [9.17, 15) is 13.5 Å². The van der Waals surface area contributed by atoms with Crippen LogP contribution in [0.2, 0.25) is 0 Å². The molecule has 0 unspecified atom stereocenters. The Morgan fingerprint density at radius 1 is 1.50 bits per heavy atom. The molecule has 1 aliphatic rings. The SMILES string of the molecule is CC(C)Cn1cnc(S(=O)(=O)NC[C@H]2CCC[C@@H]2O)c1. The van der Waals surface area contributed by atoms with Crippen LogP contribution in [0.1, 0.15) is 33.1 Å². The summed E-state index contributed by atoms with van der Waals surface area (Å²) in [6, 6.07) is 0. The van der Waals surface area contributed by atoms with Crippen LogP contribution >= 0.6 is 0 Å². The maximum Gasteiger partial charge on any atom is 0.259 e. The predicted octanol–water partition coefficient (Wildman–Crippen LogP) is 0.978. The van der Waals surface area contributed by atoms with Gasteiger partial charge in [-0.25, -0.2) is 18.1 Å². The summed E-state index contributed by atoms with van der Waals surface area (Å²) in [5.41, 5.74) is 0. The molecule has 6 nitrogen and oxygen atoms in total. The number of nitrogens with one attached hydrogen (secondary N) is 1. The van der Waals surface area contributed by atoms with Gasteiger partial charge in [0.15, 0.2) is 5.03 Å². The van der Waals surface area contributed by atoms with Crippen LogP contribution in [0.5, 0.6) is 0 Å². The van der Waals surface area contributed by atoms with Gasteiger partial charge in [0.25, 0.3) is 10.0 Å². The highest BCUT2D eigenvalue weighted by atomic mass is 32.2. The second-order valence-electron chi connectivity index (χ2n) is 5.91. The van der Waals surface area contributed by atoms with Gasteiger partial charge in [0.05, 0.1) is 12.4 Å². The number of aliphatic hydroxyl groups excluding tert-OH is 1. The summed E-state index contributed by atoms with van der Waals surface area (Å²) < 4.78 is 28.6. The van der Waals surface area contributed by atoms with Crippen LogP contribution in [0.25, 0.3) is 0 Å². The molecule has 0 radical (unpaired) electrons. The number of sulfonamides is 1. The van der Waals surface area contributed by atoms with Crippen molar-refractivity contribution in [3.63, 3.8) is 0 Å². The average molecular weight is 301 g/mol. The Hall–Kier alpha value is -0.920. The first-order valence-electron chi connectivity index (χ1n) is 7.08. The largest absolute Gasteiger partial charge is 0.393 e. The quantitative estimate of drug-likeness (QED) is 0.820. The molecule has 1 aromatic rings. The third-order valence-corrected chi connectivity index (χ3v) is 4.92. The molecule has 1 fully saturated rings. The molecule has 0 amide bonds. The van der Waals surface area contributed by atoms with Crippen LogP contribution in [0.3, 0.4) is 0 Å². The number of imidazole rings is 1. The van der Waals surface area contributed by atoms with Crippen LogP contribution < -0.4 is 4.72 Å². The van der Waals surface area contributed by atoms with Gasteiger partial charge >= 0.3 is 0 Å². The van der Waals surface area contributed by atoms with E-state index >= 15 is 0 Å². The molecule has 1 heterocycles. The van der Waals surface area contributed by atoms with Crippen molar-refractivity contribution in [3.8, 4) is 0 Å². The molecule has 7 heteroatoms. The monoisotopic (exact) mass is 301 g/mol. The zero-order valence-electron chi connectivity index (χ0n) is 12.0. The van der Waals surface area contributed by atoms with Gasteiger partial charge in [-0.05, 0) is 24.7 Å². The molecule has 1 saturated carbocycles. The van der Waals surface area contributed by atoms with Gasteiger partial charge in [0.1, 0.15) is 0 Å². The van der Waals surface area contributed by atoms with Crippen LogP contribution in [0.4, 0.5) is 0 Å². The number of aromatic nitrogens is 2. The smallest absolute Gasteiger partial charge is 0.259 e. The highest BCUT2D eigenvalue weighted by Gasteiger charge is 2.27. The van der Waals surface area contributed by atoms with Gasteiger partial charge in [0.2, 0.25) is 0 Å². The van der Waals surface area contributed by atoms with Gasteiger partial charge in [-0.3, -0.25) is 0 Å². The van der Waals surface area contributed by atoms with Crippen LogP contribution in [-0.2, 0) is 16.6 Å². The first kappa shape index (κ1) is 15.5. The molecular formula is C13H23N3O3S. The summed E-state index contributed by atoms with van der Waals surface area (Å²) in [7, 11) is -3.58. The van der Waals surface area contributed by atoms with E-state index in [1.807, 2.05) is 0 Å². The maximum absolute atomic E-state index is 12.1. The van der Waals surface area contributed by atoms with E-state index < -0.39 is 16.1 Å². The van der Waals surface area contributed by atoms with Crippen molar-refractivity contribution in [2.75, 3.05) is 6.54 Å². The predicted molar refractivity (Wildman–Crippen MR) is 75.6 cm³/mol. The van der Waals surface area contributed by atoms with Crippen molar-refractivity contribution in [1.29, 1.82) is 0 Å². The van der Waals surface area contributed by atoms with Crippen molar-refractivity contribution in [2.24, 2.45) is 11.8 Å². The number of nitrogens with zero attached hydrogens (tertiary/aromatic N) is 2. The van der Waals surface area contributed by atoms with Crippen molar-refractivity contribution >= 4 is 10.0 Å². The lowest BCUT2D eigenvalue weighted by atomic mass is 10.1. The van der Waals surface area contributed by atoms with E-state index in [0.29, 0.717) is 5.92 Å². The van der Waals surface area contributed by atoms with E-state index in [4.69, 9.17) is 0 Å². The fraction of sp³-hybridized carbons (Fsp3) is 0.769. The summed E-state index contributed by atoms with van der Waals surface area (Å²) in [5.74, 6) is 0.448. The van der Waals surface area contributed by atoms with E-state index in [1.165, 1.54) is 0 Å². The Labute approximate surface area is 120 Å². The minimum atomic E-state index is -3.58. The summed E-state index contributed by atoms with van der Waals surface area (Å²) in [5, 5.41) is 9.75. The number of hydrogen-bond acceptors (Lipinski definition) is 4.